The minimum absolute atomic E-state index is 0. The third kappa shape index (κ3) is 7.37. The smallest absolute Gasteiger partial charge is 0.269 e. The van der Waals surface area contributed by atoms with Crippen molar-refractivity contribution in [2.24, 2.45) is 5.73 Å². The topological polar surface area (TPSA) is 144 Å². The fourth-order valence-corrected chi connectivity index (χ4v) is 2.61. The number of carbonyl (C=O) groups is 1. The van der Waals surface area contributed by atoms with Gasteiger partial charge in [0.05, 0.1) is 9.82 Å². The quantitative estimate of drug-likeness (QED) is 0.339. The second-order valence-corrected chi connectivity index (χ2v) is 6.45. The van der Waals surface area contributed by atoms with Crippen molar-refractivity contribution < 1.29 is 18.1 Å². The molecule has 0 aliphatic carbocycles. The number of nitrogens with one attached hydrogen (secondary N) is 2. The molecule has 1 amide bonds. The van der Waals surface area contributed by atoms with Crippen molar-refractivity contribution in [3.8, 4) is 0 Å². The van der Waals surface area contributed by atoms with Gasteiger partial charge in [-0.05, 0) is 19.1 Å². The number of nitro benzene ring substituents is 1. The van der Waals surface area contributed by atoms with Gasteiger partial charge in [-0.2, -0.15) is 0 Å². The summed E-state index contributed by atoms with van der Waals surface area (Å²) in [7, 11) is -3.77. The maximum absolute atomic E-state index is 11.9. The molecule has 1 atom stereocenters. The summed E-state index contributed by atoms with van der Waals surface area (Å²) in [6.07, 6.45) is 0.162. The third-order valence-electron chi connectivity index (χ3n) is 2.60. The highest BCUT2D eigenvalue weighted by Gasteiger charge is 2.15. The lowest BCUT2D eigenvalue weighted by atomic mass is 10.2. The normalized spacial score (nSPS) is 12.1. The summed E-state index contributed by atoms with van der Waals surface area (Å²) < 4.78 is 26.1. The lowest BCUT2D eigenvalue weighted by Crippen LogP contribution is -2.36. The zero-order valence-corrected chi connectivity index (χ0v) is 14.0. The van der Waals surface area contributed by atoms with Crippen LogP contribution in [0.4, 0.5) is 5.69 Å². The molecule has 0 saturated heterocycles. The molecule has 1 aromatic rings. The summed E-state index contributed by atoms with van der Waals surface area (Å²) in [5.41, 5.74) is 5.26. The molecule has 130 valence electrons. The maximum Gasteiger partial charge on any atom is 0.269 e. The number of rotatable bonds is 8. The van der Waals surface area contributed by atoms with Gasteiger partial charge in [0.1, 0.15) is 0 Å². The van der Waals surface area contributed by atoms with E-state index in [4.69, 9.17) is 5.73 Å². The zero-order chi connectivity index (χ0) is 16.8. The van der Waals surface area contributed by atoms with Crippen LogP contribution in [0, 0.1) is 10.1 Å². The summed E-state index contributed by atoms with van der Waals surface area (Å²) in [6, 6.07) is 4.25. The average molecular weight is 367 g/mol. The standard InChI is InChI=1S/C12H18N4O5S.ClH/c1-9(13)8-12(17)14-6-7-15-22(20,21)11-4-2-10(3-5-11)16(18)19;/h2-5,9,15H,6-8,13H2,1H3,(H,14,17);1H. The summed E-state index contributed by atoms with van der Waals surface area (Å²) in [6.45, 7) is 1.82. The largest absolute Gasteiger partial charge is 0.355 e. The molecule has 0 heterocycles. The molecule has 0 fully saturated rings. The van der Waals surface area contributed by atoms with Gasteiger partial charge in [0.25, 0.3) is 5.69 Å². The summed E-state index contributed by atoms with van der Waals surface area (Å²) >= 11 is 0. The zero-order valence-electron chi connectivity index (χ0n) is 12.4. The van der Waals surface area contributed by atoms with Gasteiger partial charge in [-0.3, -0.25) is 14.9 Å². The highest BCUT2D eigenvalue weighted by molar-refractivity contribution is 7.89. The van der Waals surface area contributed by atoms with E-state index in [0.29, 0.717) is 0 Å². The number of non-ortho nitro benzene ring substituents is 1. The number of nitrogens with two attached hydrogens (primary N) is 1. The average Bonchev–Trinajstić information content (AvgIpc) is 2.43. The van der Waals surface area contributed by atoms with Crippen LogP contribution in [0.3, 0.4) is 0 Å². The first kappa shape index (κ1) is 21.2. The van der Waals surface area contributed by atoms with Gasteiger partial charge < -0.3 is 11.1 Å². The van der Waals surface area contributed by atoms with E-state index in [-0.39, 0.29) is 54.4 Å². The van der Waals surface area contributed by atoms with E-state index in [9.17, 15) is 23.3 Å². The minimum Gasteiger partial charge on any atom is -0.355 e. The van der Waals surface area contributed by atoms with Gasteiger partial charge in [-0.25, -0.2) is 13.1 Å². The first-order valence-electron chi connectivity index (χ1n) is 6.49. The van der Waals surface area contributed by atoms with Crippen LogP contribution in [0.15, 0.2) is 29.2 Å². The highest BCUT2D eigenvalue weighted by Crippen LogP contribution is 2.15. The molecular formula is C12H19ClN4O5S. The van der Waals surface area contributed by atoms with Crippen LogP contribution in [-0.4, -0.2) is 38.4 Å². The number of nitro groups is 1. The van der Waals surface area contributed by atoms with Crippen molar-refractivity contribution in [3.05, 3.63) is 34.4 Å². The van der Waals surface area contributed by atoms with E-state index in [2.05, 4.69) is 10.0 Å². The first-order chi connectivity index (χ1) is 10.2. The van der Waals surface area contributed by atoms with E-state index in [1.54, 1.807) is 6.92 Å². The monoisotopic (exact) mass is 366 g/mol. The SMILES string of the molecule is CC(N)CC(=O)NCCNS(=O)(=O)c1ccc([N+](=O)[O-])cc1.Cl. The number of hydrogen-bond donors (Lipinski definition) is 3. The van der Waals surface area contributed by atoms with E-state index >= 15 is 0 Å². The highest BCUT2D eigenvalue weighted by atomic mass is 35.5. The molecule has 0 radical (unpaired) electrons. The number of amides is 1. The molecule has 9 nitrogen and oxygen atoms in total. The maximum atomic E-state index is 11.9. The molecule has 0 spiro atoms. The molecule has 0 aliphatic heterocycles. The molecule has 0 aromatic heterocycles. The van der Waals surface area contributed by atoms with Crippen molar-refractivity contribution >= 4 is 34.0 Å². The molecular weight excluding hydrogens is 348 g/mol. The van der Waals surface area contributed by atoms with Gasteiger partial charge in [0.15, 0.2) is 0 Å². The molecule has 4 N–H and O–H groups in total. The molecule has 23 heavy (non-hydrogen) atoms. The number of halogens is 1. The number of benzene rings is 1. The summed E-state index contributed by atoms with van der Waals surface area (Å²) in [4.78, 5) is 21.1. The number of sulfonamides is 1. The Labute approximate surface area is 140 Å². The van der Waals surface area contributed by atoms with E-state index in [1.807, 2.05) is 0 Å². The Morgan fingerprint density at radius 3 is 2.35 bits per heavy atom. The Hall–Kier alpha value is -1.75. The fourth-order valence-electron chi connectivity index (χ4n) is 1.58. The Balaban J connectivity index is 0.00000484. The Kier molecular flexibility index (Phi) is 8.69. The van der Waals surface area contributed by atoms with E-state index < -0.39 is 14.9 Å². The summed E-state index contributed by atoms with van der Waals surface area (Å²) in [5.74, 6) is -0.260. The molecule has 0 aliphatic rings. The Morgan fingerprint density at radius 1 is 1.30 bits per heavy atom. The van der Waals surface area contributed by atoms with Crippen LogP contribution in [0.25, 0.3) is 0 Å². The van der Waals surface area contributed by atoms with Crippen molar-refractivity contribution in [1.29, 1.82) is 0 Å². The Morgan fingerprint density at radius 2 is 1.87 bits per heavy atom. The molecule has 11 heteroatoms. The van der Waals surface area contributed by atoms with Crippen LogP contribution >= 0.6 is 12.4 Å². The lowest BCUT2D eigenvalue weighted by molar-refractivity contribution is -0.384. The Bertz CT molecular complexity index is 633. The fraction of sp³-hybridized carbons (Fsp3) is 0.417. The van der Waals surface area contributed by atoms with Gasteiger partial charge in [-0.1, -0.05) is 0 Å². The predicted molar refractivity (Wildman–Crippen MR) is 86.8 cm³/mol. The van der Waals surface area contributed by atoms with Gasteiger partial charge in [0, 0.05) is 37.7 Å². The van der Waals surface area contributed by atoms with Crippen molar-refractivity contribution in [2.75, 3.05) is 13.1 Å². The minimum atomic E-state index is -3.77. The number of hydrogen-bond acceptors (Lipinski definition) is 6. The molecule has 0 bridgehead atoms. The van der Waals surface area contributed by atoms with Crippen LogP contribution in [-0.2, 0) is 14.8 Å². The molecule has 1 rings (SSSR count). The van der Waals surface area contributed by atoms with Gasteiger partial charge >= 0.3 is 0 Å². The van der Waals surface area contributed by atoms with Crippen LogP contribution < -0.4 is 15.8 Å². The first-order valence-corrected chi connectivity index (χ1v) is 7.97. The lowest BCUT2D eigenvalue weighted by Gasteiger charge is -2.09. The molecule has 1 unspecified atom stereocenters. The van der Waals surface area contributed by atoms with Crippen LogP contribution in [0.5, 0.6) is 0 Å². The molecule has 1 aromatic carbocycles. The van der Waals surface area contributed by atoms with Gasteiger partial charge in [0.2, 0.25) is 15.9 Å². The van der Waals surface area contributed by atoms with Crippen LogP contribution in [0.2, 0.25) is 0 Å². The number of carbonyl (C=O) groups excluding carboxylic acids is 1. The predicted octanol–water partition coefficient (Wildman–Crippen LogP) is 0.148. The van der Waals surface area contributed by atoms with Crippen molar-refractivity contribution in [1.82, 2.24) is 10.0 Å². The summed E-state index contributed by atoms with van der Waals surface area (Å²) in [5, 5.41) is 13.0. The third-order valence-corrected chi connectivity index (χ3v) is 4.08. The van der Waals surface area contributed by atoms with E-state index in [1.165, 1.54) is 0 Å². The molecule has 0 saturated carbocycles. The second kappa shape index (κ2) is 9.40. The second-order valence-electron chi connectivity index (χ2n) is 4.68. The van der Waals surface area contributed by atoms with Crippen molar-refractivity contribution in [3.63, 3.8) is 0 Å². The van der Waals surface area contributed by atoms with Crippen molar-refractivity contribution in [2.45, 2.75) is 24.3 Å². The number of nitrogens with zero attached hydrogens (tertiary/aromatic N) is 1. The van der Waals surface area contributed by atoms with Gasteiger partial charge in [-0.15, -0.1) is 12.4 Å². The van der Waals surface area contributed by atoms with E-state index in [0.717, 1.165) is 24.3 Å². The van der Waals surface area contributed by atoms with Crippen LogP contribution in [0.1, 0.15) is 13.3 Å².